The van der Waals surface area contributed by atoms with Crippen molar-refractivity contribution in [1.29, 1.82) is 0 Å². The molecule has 40 heavy (non-hydrogen) atoms. The quantitative estimate of drug-likeness (QED) is 0.323. The van der Waals surface area contributed by atoms with Gasteiger partial charge < -0.3 is 30.1 Å². The average molecular weight is 558 g/mol. The van der Waals surface area contributed by atoms with Gasteiger partial charge in [0.1, 0.15) is 17.5 Å². The summed E-state index contributed by atoms with van der Waals surface area (Å²) in [5.74, 6) is -2.42. The van der Waals surface area contributed by atoms with Crippen molar-refractivity contribution in [3.63, 3.8) is 0 Å². The zero-order chi connectivity index (χ0) is 30.0. The van der Waals surface area contributed by atoms with E-state index in [9.17, 15) is 24.0 Å². The number of nitrogens with one attached hydrogen (secondary N) is 3. The first-order valence-electron chi connectivity index (χ1n) is 13.1. The summed E-state index contributed by atoms with van der Waals surface area (Å²) in [4.78, 5) is 61.5. The number of aryl methyl sites for hydroxylation is 1. The molecular formula is C28H39N5O7. The van der Waals surface area contributed by atoms with Crippen molar-refractivity contribution < 1.29 is 28.8 Å². The van der Waals surface area contributed by atoms with E-state index >= 15 is 0 Å². The van der Waals surface area contributed by atoms with E-state index in [4.69, 9.17) is 9.63 Å². The molecule has 1 aliphatic rings. The molecule has 3 atom stereocenters. The van der Waals surface area contributed by atoms with E-state index in [-0.39, 0.29) is 36.0 Å². The van der Waals surface area contributed by atoms with E-state index in [1.807, 2.05) is 0 Å². The molecule has 2 aromatic heterocycles. The highest BCUT2D eigenvalue weighted by Crippen LogP contribution is 2.18. The normalized spacial score (nSPS) is 16.4. The maximum absolute atomic E-state index is 13.1. The number of aromatic nitrogens is 2. The van der Waals surface area contributed by atoms with Gasteiger partial charge in [-0.2, -0.15) is 0 Å². The molecule has 218 valence electrons. The highest BCUT2D eigenvalue weighted by molar-refractivity contribution is 6.02. The van der Waals surface area contributed by atoms with Crippen molar-refractivity contribution in [2.24, 2.45) is 11.3 Å². The number of nitrogens with zero attached hydrogens (tertiary/aromatic N) is 2. The van der Waals surface area contributed by atoms with Crippen molar-refractivity contribution in [3.05, 3.63) is 58.4 Å². The first-order valence-corrected chi connectivity index (χ1v) is 13.1. The lowest BCUT2D eigenvalue weighted by atomic mass is 9.97. The number of carboxylic acid groups (broad SMARTS) is 1. The number of carbonyl (C=O) groups excluding carboxylic acids is 3. The number of anilines is 1. The molecule has 4 N–H and O–H groups in total. The van der Waals surface area contributed by atoms with E-state index in [2.05, 4.69) is 48.8 Å². The van der Waals surface area contributed by atoms with Crippen LogP contribution in [0.15, 0.2) is 45.9 Å². The Morgan fingerprint density at radius 2 is 1.95 bits per heavy atom. The van der Waals surface area contributed by atoms with Gasteiger partial charge in [-0.3, -0.25) is 19.2 Å². The van der Waals surface area contributed by atoms with Crippen molar-refractivity contribution in [2.75, 3.05) is 11.9 Å². The van der Waals surface area contributed by atoms with Crippen LogP contribution in [0.4, 0.5) is 5.69 Å². The molecule has 3 amide bonds. The van der Waals surface area contributed by atoms with Crippen LogP contribution < -0.4 is 21.5 Å². The van der Waals surface area contributed by atoms with Crippen molar-refractivity contribution >= 4 is 29.4 Å². The number of aliphatic carboxylic acids is 1. The van der Waals surface area contributed by atoms with E-state index in [1.165, 1.54) is 35.0 Å². The zero-order valence-corrected chi connectivity index (χ0v) is 23.8. The third kappa shape index (κ3) is 10.2. The van der Waals surface area contributed by atoms with Gasteiger partial charge in [-0.25, -0.2) is 4.79 Å². The van der Waals surface area contributed by atoms with E-state index in [0.29, 0.717) is 24.1 Å². The first-order chi connectivity index (χ1) is 18.7. The van der Waals surface area contributed by atoms with Gasteiger partial charge in [-0.15, -0.1) is 0 Å². The molecule has 1 aliphatic heterocycles. The van der Waals surface area contributed by atoms with Crippen LogP contribution in [0.3, 0.4) is 0 Å². The summed E-state index contributed by atoms with van der Waals surface area (Å²) >= 11 is 0. The Bertz CT molecular complexity index is 1280. The van der Waals surface area contributed by atoms with Gasteiger partial charge in [0.05, 0.1) is 0 Å². The van der Waals surface area contributed by atoms with Crippen LogP contribution in [-0.2, 0) is 14.4 Å². The average Bonchev–Trinajstić information content (AvgIpc) is 3.47. The SMILES string of the molecule is CC(C)(C)C.CCC(C(=O)NC(C=CC(=O)O)CC1CCNC1=O)n1cccc(NC(=O)c2cc(C)on2)c1=O. The summed E-state index contributed by atoms with van der Waals surface area (Å²) in [5, 5.41) is 20.6. The number of hydrogen-bond donors (Lipinski definition) is 4. The monoisotopic (exact) mass is 557 g/mol. The number of rotatable bonds is 10. The predicted octanol–water partition coefficient (Wildman–Crippen LogP) is 3.05. The number of pyridine rings is 1. The summed E-state index contributed by atoms with van der Waals surface area (Å²) in [6, 6.07) is 2.69. The fraction of sp³-hybridized carbons (Fsp3) is 0.500. The number of hydrogen-bond acceptors (Lipinski definition) is 7. The molecule has 1 fully saturated rings. The minimum Gasteiger partial charge on any atom is -0.478 e. The molecule has 12 heteroatoms. The third-order valence-corrected chi connectivity index (χ3v) is 5.61. The fourth-order valence-electron chi connectivity index (χ4n) is 3.86. The Morgan fingerprint density at radius 3 is 2.48 bits per heavy atom. The maximum atomic E-state index is 13.1. The van der Waals surface area contributed by atoms with E-state index < -0.39 is 35.4 Å². The van der Waals surface area contributed by atoms with Crippen LogP contribution >= 0.6 is 0 Å². The minimum atomic E-state index is -1.19. The first kappa shape index (κ1) is 32.0. The number of carbonyl (C=O) groups is 4. The molecule has 0 aliphatic carbocycles. The molecule has 0 spiro atoms. The van der Waals surface area contributed by atoms with Crippen LogP contribution in [0.5, 0.6) is 0 Å². The molecule has 3 rings (SSSR count). The molecule has 0 aromatic carbocycles. The number of amides is 3. The third-order valence-electron chi connectivity index (χ3n) is 5.61. The van der Waals surface area contributed by atoms with Crippen molar-refractivity contribution in [2.45, 2.75) is 72.9 Å². The Labute approximate surface area is 233 Å². The molecule has 1 saturated heterocycles. The summed E-state index contributed by atoms with van der Waals surface area (Å²) in [6.45, 7) is 12.6. The lowest BCUT2D eigenvalue weighted by Gasteiger charge is -2.23. The van der Waals surface area contributed by atoms with Crippen LogP contribution in [0.2, 0.25) is 0 Å². The van der Waals surface area contributed by atoms with Crippen molar-refractivity contribution in [1.82, 2.24) is 20.4 Å². The Hall–Kier alpha value is -4.22. The largest absolute Gasteiger partial charge is 0.478 e. The summed E-state index contributed by atoms with van der Waals surface area (Å²) in [7, 11) is 0. The predicted molar refractivity (Wildman–Crippen MR) is 149 cm³/mol. The Morgan fingerprint density at radius 1 is 1.27 bits per heavy atom. The second-order valence-electron chi connectivity index (χ2n) is 11.2. The standard InChI is InChI=1S/C23H27N5O7.C5H12/c1-3-18(22(33)25-15(6-7-19(29)30)12-14-8-9-24-20(14)31)28-10-4-5-16(23(28)34)26-21(32)17-11-13(2)35-27-17;1-5(2,3)4/h4-7,10-11,14-15,18H,3,8-9,12H2,1-2H3,(H,24,31)(H,25,33)(H,26,32)(H,29,30);1-4H3. The van der Waals surface area contributed by atoms with E-state index in [1.54, 1.807) is 13.8 Å². The maximum Gasteiger partial charge on any atom is 0.328 e. The van der Waals surface area contributed by atoms with Gasteiger partial charge in [0.25, 0.3) is 11.5 Å². The van der Waals surface area contributed by atoms with E-state index in [0.717, 1.165) is 6.08 Å². The summed E-state index contributed by atoms with van der Waals surface area (Å²) in [6.07, 6.45) is 4.70. The highest BCUT2D eigenvalue weighted by Gasteiger charge is 2.29. The second kappa shape index (κ2) is 14.2. The smallest absolute Gasteiger partial charge is 0.328 e. The molecule has 3 unspecified atom stereocenters. The fourth-order valence-corrected chi connectivity index (χ4v) is 3.86. The Balaban J connectivity index is 0.00000103. The molecular weight excluding hydrogens is 518 g/mol. The van der Waals surface area contributed by atoms with Gasteiger partial charge in [0.2, 0.25) is 11.8 Å². The summed E-state index contributed by atoms with van der Waals surface area (Å²) in [5.41, 5.74) is -0.142. The lowest BCUT2D eigenvalue weighted by molar-refractivity contribution is -0.131. The second-order valence-corrected chi connectivity index (χ2v) is 11.2. The molecule has 0 radical (unpaired) electrons. The van der Waals surface area contributed by atoms with Crippen LogP contribution in [-0.4, -0.2) is 51.1 Å². The molecule has 0 saturated carbocycles. The van der Waals surface area contributed by atoms with Gasteiger partial charge >= 0.3 is 5.97 Å². The zero-order valence-electron chi connectivity index (χ0n) is 23.8. The topological polar surface area (TPSA) is 173 Å². The molecule has 2 aromatic rings. The lowest BCUT2D eigenvalue weighted by Crippen LogP contribution is -2.42. The van der Waals surface area contributed by atoms with Gasteiger partial charge in [-0.05, 0) is 43.7 Å². The Kier molecular flexibility index (Phi) is 11.4. The van der Waals surface area contributed by atoms with Gasteiger partial charge in [0.15, 0.2) is 5.69 Å². The summed E-state index contributed by atoms with van der Waals surface area (Å²) < 4.78 is 6.07. The number of carboxylic acids is 1. The van der Waals surface area contributed by atoms with Gasteiger partial charge in [-0.1, -0.05) is 45.9 Å². The molecule has 3 heterocycles. The highest BCUT2D eigenvalue weighted by atomic mass is 16.5. The molecule has 0 bridgehead atoms. The van der Waals surface area contributed by atoms with Crippen LogP contribution in [0, 0.1) is 18.3 Å². The minimum absolute atomic E-state index is 0.00565. The molecule has 12 nitrogen and oxygen atoms in total. The van der Waals surface area contributed by atoms with Crippen LogP contribution in [0.1, 0.15) is 76.2 Å². The van der Waals surface area contributed by atoms with Crippen LogP contribution in [0.25, 0.3) is 0 Å². The van der Waals surface area contributed by atoms with Gasteiger partial charge in [0, 0.05) is 36.8 Å². The van der Waals surface area contributed by atoms with Crippen molar-refractivity contribution in [3.8, 4) is 0 Å².